The molecule has 0 radical (unpaired) electrons. The number of carbonyl (C=O) groups excluding carboxylic acids is 1. The van der Waals surface area contributed by atoms with E-state index in [-0.39, 0.29) is 24.6 Å². The molecule has 13 heteroatoms. The maximum Gasteiger partial charge on any atom is 0.416 e. The highest BCUT2D eigenvalue weighted by Gasteiger charge is 2.40. The number of hydrogen-bond donors (Lipinski definition) is 1. The van der Waals surface area contributed by atoms with E-state index in [4.69, 9.17) is 9.47 Å². The maximum atomic E-state index is 13.9. The number of aromatic nitrogens is 1. The first kappa shape index (κ1) is 32.3. The van der Waals surface area contributed by atoms with Gasteiger partial charge in [0, 0.05) is 75.0 Å². The van der Waals surface area contributed by atoms with Crippen LogP contribution in [0.2, 0.25) is 0 Å². The molecular weight excluding hydrogens is 590 g/mol. The van der Waals surface area contributed by atoms with Crippen molar-refractivity contribution in [3.05, 3.63) is 70.9 Å². The van der Waals surface area contributed by atoms with Gasteiger partial charge in [-0.25, -0.2) is 0 Å². The summed E-state index contributed by atoms with van der Waals surface area (Å²) in [6, 6.07) is 8.33. The molecule has 3 atom stereocenters. The molecule has 44 heavy (non-hydrogen) atoms. The second-order valence-corrected chi connectivity index (χ2v) is 11.5. The number of ether oxygens (including phenoxy) is 2. The molecular formula is C31H36F6N4O3. The quantitative estimate of drug-likeness (QED) is 0.336. The summed E-state index contributed by atoms with van der Waals surface area (Å²) < 4.78 is 92.7. The highest BCUT2D eigenvalue weighted by Crippen LogP contribution is 2.38. The van der Waals surface area contributed by atoms with Crippen LogP contribution in [0.4, 0.5) is 26.3 Å². The monoisotopic (exact) mass is 626 g/mol. The molecule has 1 N–H and O–H groups in total. The molecule has 1 unspecified atom stereocenters. The summed E-state index contributed by atoms with van der Waals surface area (Å²) in [5.74, 6) is -1.14. The first-order chi connectivity index (χ1) is 20.9. The molecule has 7 nitrogen and oxygen atoms in total. The first-order valence-electron chi connectivity index (χ1n) is 14.6. The molecule has 240 valence electrons. The average Bonchev–Trinajstić information content (AvgIpc) is 3.43. The molecule has 0 saturated carbocycles. The van der Waals surface area contributed by atoms with Crippen LogP contribution in [-0.2, 0) is 21.8 Å². The number of morpholine rings is 1. The third kappa shape index (κ3) is 7.06. The third-order valence-corrected chi connectivity index (χ3v) is 8.70. The van der Waals surface area contributed by atoms with E-state index in [2.05, 4.69) is 14.8 Å². The minimum atomic E-state index is -5.05. The Balaban J connectivity index is 1.44. The molecule has 2 aliphatic heterocycles. The number of nitrogens with one attached hydrogen (secondary N) is 1. The fourth-order valence-corrected chi connectivity index (χ4v) is 6.27. The Bertz CT molecular complexity index is 1410. The van der Waals surface area contributed by atoms with Gasteiger partial charge >= 0.3 is 12.4 Å². The Hall–Kier alpha value is -3.13. The molecule has 2 fully saturated rings. The number of benzene rings is 2. The summed E-state index contributed by atoms with van der Waals surface area (Å²) >= 11 is 0. The predicted octanol–water partition coefficient (Wildman–Crippen LogP) is 5.48. The van der Waals surface area contributed by atoms with Crippen molar-refractivity contribution >= 4 is 16.8 Å². The van der Waals surface area contributed by atoms with Crippen molar-refractivity contribution in [2.45, 2.75) is 37.3 Å². The van der Waals surface area contributed by atoms with Crippen LogP contribution in [0.15, 0.2) is 48.7 Å². The second-order valence-electron chi connectivity index (χ2n) is 11.5. The standard InChI is InChI=1S/C31H36F6N4O3/c1-20(26-16-38-27-6-4-3-5-25(26)27)28-17-39(7-9-40-11-12-44-19-24(40)18-43-2)8-10-41(28)29(42)21-13-22(30(32,33)34)15-23(14-21)31(35,36)37/h3-6,13-16,20,24,28,38H,7-12,17-19H2,1-2H3/t20?,24-,28+/m1/s1. The van der Waals surface area contributed by atoms with Crippen LogP contribution in [0.25, 0.3) is 10.9 Å². The Kier molecular flexibility index (Phi) is 9.59. The number of amides is 1. The molecule has 2 saturated heterocycles. The lowest BCUT2D eigenvalue weighted by Gasteiger charge is -2.45. The summed E-state index contributed by atoms with van der Waals surface area (Å²) in [6.45, 7) is 6.75. The van der Waals surface area contributed by atoms with Crippen LogP contribution >= 0.6 is 0 Å². The van der Waals surface area contributed by atoms with E-state index in [1.54, 1.807) is 7.11 Å². The molecule has 2 aromatic carbocycles. The fraction of sp³-hybridized carbons (Fsp3) is 0.516. The lowest BCUT2D eigenvalue weighted by atomic mass is 9.89. The number of piperazine rings is 1. The number of H-pyrrole nitrogens is 1. The Labute approximate surface area is 251 Å². The number of carbonyl (C=O) groups is 1. The molecule has 1 aromatic heterocycles. The van der Waals surface area contributed by atoms with Gasteiger partial charge in [-0.1, -0.05) is 25.1 Å². The van der Waals surface area contributed by atoms with E-state index in [1.165, 1.54) is 4.90 Å². The number of aromatic amines is 1. The van der Waals surface area contributed by atoms with E-state index in [1.807, 2.05) is 37.4 Å². The summed E-state index contributed by atoms with van der Waals surface area (Å²) in [6.07, 6.45) is -8.25. The minimum absolute atomic E-state index is 0.0449. The van der Waals surface area contributed by atoms with Gasteiger partial charge in [0.2, 0.25) is 0 Å². The first-order valence-corrected chi connectivity index (χ1v) is 14.6. The highest BCUT2D eigenvalue weighted by atomic mass is 19.4. The van der Waals surface area contributed by atoms with Gasteiger partial charge in [0.15, 0.2) is 0 Å². The Morgan fingerprint density at radius 1 is 1.02 bits per heavy atom. The molecule has 5 rings (SSSR count). The highest BCUT2D eigenvalue weighted by molar-refractivity contribution is 5.95. The number of fused-ring (bicyclic) bond motifs is 1. The van der Waals surface area contributed by atoms with Gasteiger partial charge in [0.25, 0.3) is 5.91 Å². The summed E-state index contributed by atoms with van der Waals surface area (Å²) in [4.78, 5) is 23.0. The van der Waals surface area contributed by atoms with Crippen molar-refractivity contribution in [1.82, 2.24) is 19.7 Å². The van der Waals surface area contributed by atoms with E-state index < -0.39 is 41.0 Å². The van der Waals surface area contributed by atoms with Gasteiger partial charge in [-0.05, 0) is 29.8 Å². The Morgan fingerprint density at radius 3 is 2.41 bits per heavy atom. The number of nitrogens with zero attached hydrogens (tertiary/aromatic N) is 3. The number of hydrogen-bond acceptors (Lipinski definition) is 5. The zero-order valence-electron chi connectivity index (χ0n) is 24.5. The van der Waals surface area contributed by atoms with Crippen LogP contribution in [-0.4, -0.2) is 104 Å². The molecule has 3 aromatic rings. The normalized spacial score (nSPS) is 21.6. The zero-order valence-corrected chi connectivity index (χ0v) is 24.5. The van der Waals surface area contributed by atoms with Gasteiger partial charge in [0.1, 0.15) is 0 Å². The van der Waals surface area contributed by atoms with Gasteiger partial charge in [-0.2, -0.15) is 26.3 Å². The van der Waals surface area contributed by atoms with Gasteiger partial charge < -0.3 is 19.4 Å². The number of alkyl halides is 6. The third-order valence-electron chi connectivity index (χ3n) is 8.70. The van der Waals surface area contributed by atoms with E-state index >= 15 is 0 Å². The van der Waals surface area contributed by atoms with Crippen molar-refractivity contribution in [3.8, 4) is 0 Å². The number of halogens is 6. The van der Waals surface area contributed by atoms with Crippen LogP contribution in [0.1, 0.15) is 39.9 Å². The lowest BCUT2D eigenvalue weighted by molar-refractivity contribution is -0.143. The number of rotatable bonds is 8. The zero-order chi connectivity index (χ0) is 31.6. The molecule has 1 amide bonds. The minimum Gasteiger partial charge on any atom is -0.383 e. The predicted molar refractivity (Wildman–Crippen MR) is 152 cm³/mol. The molecule has 3 heterocycles. The summed E-state index contributed by atoms with van der Waals surface area (Å²) in [5.41, 5.74) is -1.84. The maximum absolute atomic E-state index is 13.9. The van der Waals surface area contributed by atoms with Gasteiger partial charge in [-0.3, -0.25) is 14.6 Å². The van der Waals surface area contributed by atoms with Gasteiger partial charge in [-0.15, -0.1) is 0 Å². The molecule has 2 aliphatic rings. The second kappa shape index (κ2) is 13.1. The van der Waals surface area contributed by atoms with Crippen molar-refractivity contribution in [1.29, 1.82) is 0 Å². The van der Waals surface area contributed by atoms with Crippen molar-refractivity contribution in [2.24, 2.45) is 0 Å². The van der Waals surface area contributed by atoms with Crippen LogP contribution < -0.4 is 0 Å². The summed E-state index contributed by atoms with van der Waals surface area (Å²) in [5, 5.41) is 0.943. The van der Waals surface area contributed by atoms with Crippen molar-refractivity contribution in [2.75, 3.05) is 66.2 Å². The SMILES string of the molecule is COC[C@@H]1COCCN1CCN1CCN(C(=O)c2cc(C(F)(F)F)cc(C(F)(F)F)c2)[C@H](C(C)c2c[nH]c3ccccc23)C1. The van der Waals surface area contributed by atoms with Crippen LogP contribution in [0.5, 0.6) is 0 Å². The van der Waals surface area contributed by atoms with Gasteiger partial charge in [0.05, 0.1) is 43.0 Å². The molecule has 0 spiro atoms. The smallest absolute Gasteiger partial charge is 0.383 e. The topological polar surface area (TPSA) is 61.0 Å². The lowest BCUT2D eigenvalue weighted by Crippen LogP contribution is -2.58. The van der Waals surface area contributed by atoms with E-state index in [9.17, 15) is 31.1 Å². The van der Waals surface area contributed by atoms with Crippen molar-refractivity contribution in [3.63, 3.8) is 0 Å². The average molecular weight is 627 g/mol. The largest absolute Gasteiger partial charge is 0.416 e. The number of methoxy groups -OCH3 is 1. The van der Waals surface area contributed by atoms with Crippen molar-refractivity contribution < 1.29 is 40.6 Å². The van der Waals surface area contributed by atoms with Crippen LogP contribution in [0.3, 0.4) is 0 Å². The van der Waals surface area contributed by atoms with E-state index in [0.29, 0.717) is 51.6 Å². The molecule has 0 bridgehead atoms. The fourth-order valence-electron chi connectivity index (χ4n) is 6.27. The Morgan fingerprint density at radius 2 is 1.73 bits per heavy atom. The van der Waals surface area contributed by atoms with E-state index in [0.717, 1.165) is 29.6 Å². The summed E-state index contributed by atoms with van der Waals surface area (Å²) in [7, 11) is 1.64. The molecule has 0 aliphatic carbocycles. The van der Waals surface area contributed by atoms with Crippen LogP contribution in [0, 0.1) is 0 Å². The number of para-hydroxylation sites is 1.